The molecular weight excluding hydrogens is 332 g/mol. The Labute approximate surface area is 142 Å². The summed E-state index contributed by atoms with van der Waals surface area (Å²) in [6.07, 6.45) is 2.36. The van der Waals surface area contributed by atoms with E-state index in [1.165, 1.54) is 18.3 Å². The van der Waals surface area contributed by atoms with E-state index < -0.39 is 5.97 Å². The number of carbonyl (C=O) groups is 3. The predicted octanol–water partition coefficient (Wildman–Crippen LogP) is 2.66. The van der Waals surface area contributed by atoms with Crippen molar-refractivity contribution in [3.8, 4) is 0 Å². The lowest BCUT2D eigenvalue weighted by Gasteiger charge is -2.17. The molecule has 1 N–H and O–H groups in total. The Balaban J connectivity index is 1.65. The average molecular weight is 345 g/mol. The fourth-order valence-corrected chi connectivity index (χ4v) is 2.56. The van der Waals surface area contributed by atoms with Gasteiger partial charge in [-0.2, -0.15) is 0 Å². The summed E-state index contributed by atoms with van der Waals surface area (Å²) >= 11 is 5.71. The summed E-state index contributed by atoms with van der Waals surface area (Å²) in [5.41, 5.74) is 2.28. The lowest BCUT2D eigenvalue weighted by atomic mass is 9.99. The van der Waals surface area contributed by atoms with Crippen molar-refractivity contribution in [1.82, 2.24) is 4.98 Å². The highest BCUT2D eigenvalue weighted by Crippen LogP contribution is 2.23. The zero-order valence-electron chi connectivity index (χ0n) is 12.5. The van der Waals surface area contributed by atoms with Crippen LogP contribution in [-0.2, 0) is 16.0 Å². The summed E-state index contributed by atoms with van der Waals surface area (Å²) in [5, 5.41) is 2.92. The van der Waals surface area contributed by atoms with Gasteiger partial charge in [0.15, 0.2) is 12.4 Å². The first kappa shape index (κ1) is 16.1. The van der Waals surface area contributed by atoms with Gasteiger partial charge < -0.3 is 10.1 Å². The number of hydrogen-bond donors (Lipinski definition) is 1. The van der Waals surface area contributed by atoms with Crippen LogP contribution in [0.2, 0.25) is 5.15 Å². The quantitative estimate of drug-likeness (QED) is 0.523. The van der Waals surface area contributed by atoms with E-state index in [9.17, 15) is 14.4 Å². The molecule has 0 radical (unpaired) electrons. The van der Waals surface area contributed by atoms with Crippen LogP contribution in [0.1, 0.15) is 32.7 Å². The first-order valence-corrected chi connectivity index (χ1v) is 7.65. The summed E-state index contributed by atoms with van der Waals surface area (Å²) in [5.74, 6) is -0.993. The number of aryl methyl sites for hydroxylation is 1. The Hall–Kier alpha value is -2.73. The minimum absolute atomic E-state index is 0.0356. The van der Waals surface area contributed by atoms with Gasteiger partial charge in [0.05, 0.1) is 5.56 Å². The van der Waals surface area contributed by atoms with Crippen LogP contribution in [-0.4, -0.2) is 29.3 Å². The molecule has 0 unspecified atom stereocenters. The molecule has 1 aromatic heterocycles. The molecule has 122 valence electrons. The summed E-state index contributed by atoms with van der Waals surface area (Å²) in [4.78, 5) is 39.2. The largest absolute Gasteiger partial charge is 0.454 e. The van der Waals surface area contributed by atoms with E-state index in [1.807, 2.05) is 0 Å². The average Bonchev–Trinajstić information content (AvgIpc) is 2.58. The maximum Gasteiger partial charge on any atom is 0.338 e. The Bertz CT molecular complexity index is 835. The molecule has 3 rings (SSSR count). The van der Waals surface area contributed by atoms with Gasteiger partial charge in [0.2, 0.25) is 5.91 Å². The van der Waals surface area contributed by atoms with Crippen molar-refractivity contribution in [3.05, 3.63) is 58.4 Å². The molecule has 7 heteroatoms. The zero-order chi connectivity index (χ0) is 17.1. The number of pyridine rings is 1. The van der Waals surface area contributed by atoms with Crippen molar-refractivity contribution >= 4 is 34.9 Å². The molecule has 1 amide bonds. The van der Waals surface area contributed by atoms with E-state index in [0.717, 1.165) is 5.56 Å². The number of fused-ring (bicyclic) bond motifs is 1. The van der Waals surface area contributed by atoms with Gasteiger partial charge in [0.25, 0.3) is 0 Å². The molecule has 6 nitrogen and oxygen atoms in total. The Morgan fingerprint density at radius 2 is 2.00 bits per heavy atom. The van der Waals surface area contributed by atoms with Gasteiger partial charge in [-0.05, 0) is 42.3 Å². The number of ketones is 1. The van der Waals surface area contributed by atoms with Gasteiger partial charge >= 0.3 is 5.97 Å². The molecule has 1 aliphatic heterocycles. The van der Waals surface area contributed by atoms with Crippen molar-refractivity contribution < 1.29 is 19.1 Å². The number of amides is 1. The molecule has 24 heavy (non-hydrogen) atoms. The minimum atomic E-state index is -0.641. The summed E-state index contributed by atoms with van der Waals surface area (Å²) in [6.45, 7) is -0.371. The number of aromatic nitrogens is 1. The summed E-state index contributed by atoms with van der Waals surface area (Å²) in [7, 11) is 0. The monoisotopic (exact) mass is 344 g/mol. The molecule has 0 atom stereocenters. The van der Waals surface area contributed by atoms with Crippen molar-refractivity contribution in [2.75, 3.05) is 11.9 Å². The fourth-order valence-electron chi connectivity index (χ4n) is 2.38. The number of halogens is 1. The van der Waals surface area contributed by atoms with Gasteiger partial charge in [-0.15, -0.1) is 0 Å². The third-order valence-corrected chi connectivity index (χ3v) is 3.83. The molecule has 1 aromatic carbocycles. The second-order valence-electron chi connectivity index (χ2n) is 5.29. The zero-order valence-corrected chi connectivity index (χ0v) is 13.3. The van der Waals surface area contributed by atoms with Crippen LogP contribution in [0.4, 0.5) is 5.69 Å². The number of nitrogens with zero attached hydrogens (tertiary/aromatic N) is 1. The highest BCUT2D eigenvalue weighted by molar-refractivity contribution is 6.29. The SMILES string of the molecule is O=C1CCc2cc(C(=O)COC(=O)c3ccnc(Cl)c3)ccc2N1. The molecule has 0 aliphatic carbocycles. The van der Waals surface area contributed by atoms with Crippen molar-refractivity contribution in [1.29, 1.82) is 0 Å². The number of esters is 1. The molecule has 0 fully saturated rings. The van der Waals surface area contributed by atoms with Gasteiger partial charge in [0, 0.05) is 23.9 Å². The number of hydrogen-bond acceptors (Lipinski definition) is 5. The maximum atomic E-state index is 12.2. The fraction of sp³-hybridized carbons (Fsp3) is 0.176. The Morgan fingerprint density at radius 3 is 2.79 bits per heavy atom. The molecule has 2 heterocycles. The van der Waals surface area contributed by atoms with Crippen LogP contribution in [0.5, 0.6) is 0 Å². The highest BCUT2D eigenvalue weighted by Gasteiger charge is 2.18. The number of rotatable bonds is 4. The number of carbonyl (C=O) groups excluding carboxylic acids is 3. The second-order valence-corrected chi connectivity index (χ2v) is 5.67. The van der Waals surface area contributed by atoms with E-state index in [1.54, 1.807) is 18.2 Å². The first-order chi connectivity index (χ1) is 11.5. The Morgan fingerprint density at radius 1 is 1.17 bits per heavy atom. The molecule has 0 saturated carbocycles. The van der Waals surface area contributed by atoms with Crippen LogP contribution >= 0.6 is 11.6 Å². The summed E-state index contributed by atoms with van der Waals surface area (Å²) in [6, 6.07) is 7.83. The predicted molar refractivity (Wildman–Crippen MR) is 87.3 cm³/mol. The van der Waals surface area contributed by atoms with E-state index in [2.05, 4.69) is 10.3 Å². The van der Waals surface area contributed by atoms with Crippen molar-refractivity contribution in [3.63, 3.8) is 0 Å². The maximum absolute atomic E-state index is 12.2. The third kappa shape index (κ3) is 3.60. The number of benzene rings is 1. The molecule has 1 aliphatic rings. The number of Topliss-reactive ketones (excluding diaryl/α,β-unsaturated/α-hetero) is 1. The lowest BCUT2D eigenvalue weighted by molar-refractivity contribution is -0.116. The van der Waals surface area contributed by atoms with E-state index in [4.69, 9.17) is 16.3 Å². The van der Waals surface area contributed by atoms with Gasteiger partial charge in [-0.3, -0.25) is 9.59 Å². The van der Waals surface area contributed by atoms with Crippen LogP contribution in [0, 0.1) is 0 Å². The van der Waals surface area contributed by atoms with E-state index in [0.29, 0.717) is 24.1 Å². The lowest BCUT2D eigenvalue weighted by Crippen LogP contribution is -2.20. The van der Waals surface area contributed by atoms with Gasteiger partial charge in [0.1, 0.15) is 5.15 Å². The molecular formula is C17H13ClN2O4. The standard InChI is InChI=1S/C17H13ClN2O4/c18-15-8-12(5-6-19-15)17(23)24-9-14(21)11-1-3-13-10(7-11)2-4-16(22)20-13/h1,3,5-8H,2,4,9H2,(H,20,22). The minimum Gasteiger partial charge on any atom is -0.454 e. The van der Waals surface area contributed by atoms with Crippen LogP contribution in [0.15, 0.2) is 36.5 Å². The number of anilines is 1. The number of nitrogens with one attached hydrogen (secondary N) is 1. The molecule has 0 spiro atoms. The van der Waals surface area contributed by atoms with Crippen LogP contribution < -0.4 is 5.32 Å². The molecule has 0 bridgehead atoms. The second kappa shape index (κ2) is 6.80. The smallest absolute Gasteiger partial charge is 0.338 e. The molecule has 2 aromatic rings. The van der Waals surface area contributed by atoms with E-state index >= 15 is 0 Å². The topological polar surface area (TPSA) is 85.4 Å². The van der Waals surface area contributed by atoms with Crippen LogP contribution in [0.25, 0.3) is 0 Å². The summed E-state index contributed by atoms with van der Waals surface area (Å²) < 4.78 is 5.02. The van der Waals surface area contributed by atoms with Gasteiger partial charge in [-0.1, -0.05) is 11.6 Å². The van der Waals surface area contributed by atoms with Crippen molar-refractivity contribution in [2.45, 2.75) is 12.8 Å². The van der Waals surface area contributed by atoms with E-state index in [-0.39, 0.29) is 29.0 Å². The highest BCUT2D eigenvalue weighted by atomic mass is 35.5. The third-order valence-electron chi connectivity index (χ3n) is 3.62. The Kier molecular flexibility index (Phi) is 4.57. The van der Waals surface area contributed by atoms with Crippen molar-refractivity contribution in [2.24, 2.45) is 0 Å². The molecule has 0 saturated heterocycles. The van der Waals surface area contributed by atoms with Gasteiger partial charge in [-0.25, -0.2) is 9.78 Å². The van der Waals surface area contributed by atoms with Crippen LogP contribution in [0.3, 0.4) is 0 Å². The normalized spacial score (nSPS) is 13.0. The number of ether oxygens (including phenoxy) is 1. The first-order valence-electron chi connectivity index (χ1n) is 7.27.